The van der Waals surface area contributed by atoms with Crippen molar-refractivity contribution in [2.75, 3.05) is 6.54 Å². The molecule has 1 aromatic heterocycles. The van der Waals surface area contributed by atoms with Crippen LogP contribution >= 0.6 is 15.9 Å². The van der Waals surface area contributed by atoms with Gasteiger partial charge < -0.3 is 14.6 Å². The Balaban J connectivity index is 1.60. The lowest BCUT2D eigenvalue weighted by molar-refractivity contribution is -0.128. The van der Waals surface area contributed by atoms with Crippen LogP contribution in [0.3, 0.4) is 0 Å². The maximum atomic E-state index is 11.9. The van der Waals surface area contributed by atoms with Gasteiger partial charge in [-0.05, 0) is 40.9 Å². The van der Waals surface area contributed by atoms with E-state index < -0.39 is 0 Å². The van der Waals surface area contributed by atoms with Crippen molar-refractivity contribution < 1.29 is 14.0 Å². The van der Waals surface area contributed by atoms with Crippen LogP contribution in [-0.4, -0.2) is 35.3 Å². The molecule has 0 unspecified atom stereocenters. The van der Waals surface area contributed by atoms with Gasteiger partial charge in [-0.3, -0.25) is 9.59 Å². The van der Waals surface area contributed by atoms with Crippen LogP contribution < -0.4 is 5.32 Å². The molecule has 1 aromatic rings. The number of amides is 2. The first kappa shape index (κ1) is 11.8. The monoisotopic (exact) mass is 312 g/mol. The molecule has 0 radical (unpaired) electrons. The summed E-state index contributed by atoms with van der Waals surface area (Å²) in [5.41, 5.74) is 0. The molecular weight excluding hydrogens is 300 g/mol. The highest BCUT2D eigenvalue weighted by molar-refractivity contribution is 9.10. The summed E-state index contributed by atoms with van der Waals surface area (Å²) in [4.78, 5) is 25.5. The first-order valence-electron chi connectivity index (χ1n) is 5.99. The van der Waals surface area contributed by atoms with E-state index in [1.54, 1.807) is 12.1 Å². The molecule has 1 N–H and O–H groups in total. The SMILES string of the molecule is O=C(N[C@@H]1CC(=O)N(C2CC2)C1)c1ccc(Br)o1. The predicted molar refractivity (Wildman–Crippen MR) is 67.0 cm³/mol. The van der Waals surface area contributed by atoms with Gasteiger partial charge in [0.25, 0.3) is 5.91 Å². The fourth-order valence-electron chi connectivity index (χ4n) is 2.26. The minimum atomic E-state index is -0.267. The van der Waals surface area contributed by atoms with Crippen LogP contribution in [0.5, 0.6) is 0 Å². The van der Waals surface area contributed by atoms with Crippen molar-refractivity contribution in [1.29, 1.82) is 0 Å². The first-order valence-corrected chi connectivity index (χ1v) is 6.78. The Labute approximate surface area is 113 Å². The Morgan fingerprint density at radius 3 is 2.83 bits per heavy atom. The van der Waals surface area contributed by atoms with Crippen molar-refractivity contribution in [3.05, 3.63) is 22.6 Å². The van der Waals surface area contributed by atoms with E-state index >= 15 is 0 Å². The van der Waals surface area contributed by atoms with Gasteiger partial charge in [-0.25, -0.2) is 0 Å². The lowest BCUT2D eigenvalue weighted by atomic mass is 10.2. The molecule has 1 aliphatic heterocycles. The summed E-state index contributed by atoms with van der Waals surface area (Å²) in [5, 5.41) is 2.84. The van der Waals surface area contributed by atoms with E-state index in [1.165, 1.54) is 0 Å². The van der Waals surface area contributed by atoms with Crippen molar-refractivity contribution in [1.82, 2.24) is 10.2 Å². The second-order valence-electron chi connectivity index (χ2n) is 4.76. The molecular formula is C12H13BrN2O3. The predicted octanol–water partition coefficient (Wildman–Crippen LogP) is 1.54. The van der Waals surface area contributed by atoms with Gasteiger partial charge in [0.2, 0.25) is 5.91 Å². The van der Waals surface area contributed by atoms with E-state index in [4.69, 9.17) is 4.42 Å². The zero-order valence-electron chi connectivity index (χ0n) is 9.69. The number of nitrogens with zero attached hydrogens (tertiary/aromatic N) is 1. The van der Waals surface area contributed by atoms with Crippen molar-refractivity contribution in [3.63, 3.8) is 0 Å². The molecule has 0 bridgehead atoms. The van der Waals surface area contributed by atoms with Gasteiger partial charge in [-0.2, -0.15) is 0 Å². The Kier molecular flexibility index (Phi) is 2.89. The van der Waals surface area contributed by atoms with Gasteiger partial charge in [-0.1, -0.05) is 0 Å². The molecule has 1 aliphatic carbocycles. The number of carbonyl (C=O) groups excluding carboxylic acids is 2. The summed E-state index contributed by atoms with van der Waals surface area (Å²) in [7, 11) is 0. The van der Waals surface area contributed by atoms with Crippen molar-refractivity contribution in [2.24, 2.45) is 0 Å². The molecule has 2 fully saturated rings. The maximum absolute atomic E-state index is 11.9. The first-order chi connectivity index (χ1) is 8.63. The zero-order valence-corrected chi connectivity index (χ0v) is 11.3. The van der Waals surface area contributed by atoms with Crippen LogP contribution in [0, 0.1) is 0 Å². The van der Waals surface area contributed by atoms with E-state index in [0.29, 0.717) is 23.7 Å². The number of halogens is 1. The Morgan fingerprint density at radius 2 is 2.22 bits per heavy atom. The van der Waals surface area contributed by atoms with E-state index in [2.05, 4.69) is 21.2 Å². The third kappa shape index (κ3) is 2.29. The second kappa shape index (κ2) is 4.42. The third-order valence-corrected chi connectivity index (χ3v) is 3.70. The van der Waals surface area contributed by atoms with Crippen molar-refractivity contribution >= 4 is 27.7 Å². The number of nitrogens with one attached hydrogen (secondary N) is 1. The topological polar surface area (TPSA) is 62.6 Å². The number of likely N-dealkylation sites (tertiary alicyclic amines) is 1. The van der Waals surface area contributed by atoms with Crippen LogP contribution in [-0.2, 0) is 4.79 Å². The number of furan rings is 1. The van der Waals surface area contributed by atoms with Gasteiger partial charge in [0.15, 0.2) is 10.4 Å². The molecule has 6 heteroatoms. The number of rotatable bonds is 3. The van der Waals surface area contributed by atoms with Crippen LogP contribution in [0.15, 0.2) is 21.2 Å². The molecule has 1 saturated heterocycles. The quantitative estimate of drug-likeness (QED) is 0.920. The van der Waals surface area contributed by atoms with E-state index in [-0.39, 0.29) is 23.6 Å². The summed E-state index contributed by atoms with van der Waals surface area (Å²) in [5.74, 6) is 0.138. The molecule has 96 valence electrons. The number of hydrogen-bond acceptors (Lipinski definition) is 3. The van der Waals surface area contributed by atoms with Gasteiger partial charge in [-0.15, -0.1) is 0 Å². The standard InChI is InChI=1S/C12H13BrN2O3/c13-10-4-3-9(18-10)12(17)14-7-5-11(16)15(6-7)8-1-2-8/h3-4,7-8H,1-2,5-6H2,(H,14,17)/t7-/m1/s1. The fraction of sp³-hybridized carbons (Fsp3) is 0.500. The summed E-state index contributed by atoms with van der Waals surface area (Å²) < 4.78 is 5.70. The number of hydrogen-bond donors (Lipinski definition) is 1. The molecule has 2 heterocycles. The van der Waals surface area contributed by atoms with Crippen LogP contribution in [0.2, 0.25) is 0 Å². The van der Waals surface area contributed by atoms with E-state index in [0.717, 1.165) is 12.8 Å². The largest absolute Gasteiger partial charge is 0.444 e. The summed E-state index contributed by atoms with van der Waals surface area (Å²) in [6.45, 7) is 0.622. The van der Waals surface area contributed by atoms with Gasteiger partial charge in [0, 0.05) is 19.0 Å². The van der Waals surface area contributed by atoms with Gasteiger partial charge in [0.1, 0.15) is 0 Å². The molecule has 0 aromatic carbocycles. The zero-order chi connectivity index (χ0) is 12.7. The lowest BCUT2D eigenvalue weighted by Crippen LogP contribution is -2.37. The highest BCUT2D eigenvalue weighted by atomic mass is 79.9. The Morgan fingerprint density at radius 1 is 1.44 bits per heavy atom. The molecule has 2 aliphatic rings. The Hall–Kier alpha value is -1.30. The van der Waals surface area contributed by atoms with Crippen molar-refractivity contribution in [2.45, 2.75) is 31.3 Å². The minimum Gasteiger partial charge on any atom is -0.444 e. The normalized spacial score (nSPS) is 23.5. The highest BCUT2D eigenvalue weighted by Crippen LogP contribution is 2.30. The van der Waals surface area contributed by atoms with Crippen molar-refractivity contribution in [3.8, 4) is 0 Å². The molecule has 5 nitrogen and oxygen atoms in total. The fourth-order valence-corrected chi connectivity index (χ4v) is 2.57. The summed E-state index contributed by atoms with van der Waals surface area (Å²) in [6, 6.07) is 3.59. The van der Waals surface area contributed by atoms with Gasteiger partial charge in [0.05, 0.1) is 6.04 Å². The summed E-state index contributed by atoms with van der Waals surface area (Å²) in [6.07, 6.45) is 2.58. The lowest BCUT2D eigenvalue weighted by Gasteiger charge is -2.15. The second-order valence-corrected chi connectivity index (χ2v) is 5.54. The molecule has 1 atom stereocenters. The average molecular weight is 313 g/mol. The molecule has 0 spiro atoms. The summed E-state index contributed by atoms with van der Waals surface area (Å²) >= 11 is 3.15. The minimum absolute atomic E-state index is 0.102. The van der Waals surface area contributed by atoms with Crippen LogP contribution in [0.25, 0.3) is 0 Å². The Bertz CT molecular complexity index is 495. The molecule has 3 rings (SSSR count). The van der Waals surface area contributed by atoms with Gasteiger partial charge >= 0.3 is 0 Å². The van der Waals surface area contributed by atoms with Crippen LogP contribution in [0.1, 0.15) is 29.8 Å². The molecule has 2 amide bonds. The van der Waals surface area contributed by atoms with E-state index in [1.807, 2.05) is 4.90 Å². The smallest absolute Gasteiger partial charge is 0.287 e. The molecule has 18 heavy (non-hydrogen) atoms. The molecule has 1 saturated carbocycles. The van der Waals surface area contributed by atoms with Crippen LogP contribution in [0.4, 0.5) is 0 Å². The highest BCUT2D eigenvalue weighted by Gasteiger charge is 2.39. The third-order valence-electron chi connectivity index (χ3n) is 3.28. The maximum Gasteiger partial charge on any atom is 0.287 e. The average Bonchev–Trinajstić information content (AvgIpc) is 2.97. The van der Waals surface area contributed by atoms with E-state index in [9.17, 15) is 9.59 Å². The number of carbonyl (C=O) groups is 2.